The number of carbonyl (C=O) groups is 1. The van der Waals surface area contributed by atoms with Crippen molar-refractivity contribution in [2.75, 3.05) is 13.1 Å². The van der Waals surface area contributed by atoms with Gasteiger partial charge in [-0.1, -0.05) is 5.21 Å². The fourth-order valence-corrected chi connectivity index (χ4v) is 2.88. The van der Waals surface area contributed by atoms with Crippen molar-refractivity contribution in [1.29, 1.82) is 0 Å². The van der Waals surface area contributed by atoms with Crippen LogP contribution in [0.4, 0.5) is 0 Å². The number of piperidine rings is 1. The van der Waals surface area contributed by atoms with Crippen LogP contribution < -0.4 is 0 Å². The minimum Gasteiger partial charge on any atom is -0.337 e. The van der Waals surface area contributed by atoms with Crippen molar-refractivity contribution in [3.05, 3.63) is 30.6 Å². The zero-order valence-corrected chi connectivity index (χ0v) is 13.1. The topological polar surface area (TPSA) is 68.8 Å². The van der Waals surface area contributed by atoms with Crippen molar-refractivity contribution in [2.45, 2.75) is 39.3 Å². The highest BCUT2D eigenvalue weighted by Crippen LogP contribution is 2.20. The molecule has 1 fully saturated rings. The van der Waals surface area contributed by atoms with Crippen LogP contribution in [0, 0.1) is 5.92 Å². The van der Waals surface area contributed by atoms with E-state index in [0.717, 1.165) is 32.5 Å². The van der Waals surface area contributed by atoms with Gasteiger partial charge in [-0.05, 0) is 32.6 Å². The van der Waals surface area contributed by atoms with Gasteiger partial charge in [0.05, 0.1) is 12.5 Å². The van der Waals surface area contributed by atoms with Crippen molar-refractivity contribution in [3.63, 3.8) is 0 Å². The SMILES string of the molecule is CC(C)n1cnc(C(=O)N2CCC[C@@H](Cn3ccnn3)C2)c1. The number of amides is 1. The van der Waals surface area contributed by atoms with Gasteiger partial charge in [-0.3, -0.25) is 9.48 Å². The molecule has 0 saturated carbocycles. The van der Waals surface area contributed by atoms with Crippen molar-refractivity contribution >= 4 is 5.91 Å². The third-order valence-electron chi connectivity index (χ3n) is 4.14. The van der Waals surface area contributed by atoms with Gasteiger partial charge in [-0.25, -0.2) is 4.98 Å². The molecule has 1 saturated heterocycles. The van der Waals surface area contributed by atoms with E-state index >= 15 is 0 Å². The summed E-state index contributed by atoms with van der Waals surface area (Å²) >= 11 is 0. The predicted octanol–water partition coefficient (Wildman–Crippen LogP) is 1.61. The van der Waals surface area contributed by atoms with Crippen molar-refractivity contribution in [1.82, 2.24) is 29.4 Å². The highest BCUT2D eigenvalue weighted by molar-refractivity contribution is 5.92. The quantitative estimate of drug-likeness (QED) is 0.860. The lowest BCUT2D eigenvalue weighted by molar-refractivity contribution is 0.0654. The number of hydrogen-bond donors (Lipinski definition) is 0. The van der Waals surface area contributed by atoms with Crippen LogP contribution in [0.2, 0.25) is 0 Å². The highest BCUT2D eigenvalue weighted by atomic mass is 16.2. The van der Waals surface area contributed by atoms with Gasteiger partial charge < -0.3 is 9.47 Å². The Morgan fingerprint density at radius 3 is 3.00 bits per heavy atom. The number of nitrogens with zero attached hydrogens (tertiary/aromatic N) is 6. The molecule has 1 aliphatic heterocycles. The number of likely N-dealkylation sites (tertiary alicyclic amines) is 1. The van der Waals surface area contributed by atoms with Gasteiger partial charge in [0.1, 0.15) is 5.69 Å². The Morgan fingerprint density at radius 2 is 2.32 bits per heavy atom. The summed E-state index contributed by atoms with van der Waals surface area (Å²) in [6.07, 6.45) is 9.26. The molecule has 0 aliphatic carbocycles. The molecular formula is C15H22N6O. The molecule has 3 heterocycles. The smallest absolute Gasteiger partial charge is 0.274 e. The van der Waals surface area contributed by atoms with Gasteiger partial charge in [0, 0.05) is 38.1 Å². The molecule has 1 aliphatic rings. The maximum absolute atomic E-state index is 12.6. The lowest BCUT2D eigenvalue weighted by Gasteiger charge is -2.32. The summed E-state index contributed by atoms with van der Waals surface area (Å²) in [7, 11) is 0. The fourth-order valence-electron chi connectivity index (χ4n) is 2.88. The normalized spacial score (nSPS) is 18.9. The number of rotatable bonds is 4. The molecule has 7 nitrogen and oxygen atoms in total. The van der Waals surface area contributed by atoms with E-state index in [0.29, 0.717) is 17.7 Å². The van der Waals surface area contributed by atoms with Crippen LogP contribution in [0.3, 0.4) is 0 Å². The average molecular weight is 302 g/mol. The van der Waals surface area contributed by atoms with Crippen LogP contribution in [0.1, 0.15) is 43.2 Å². The van der Waals surface area contributed by atoms with Crippen molar-refractivity contribution in [2.24, 2.45) is 5.92 Å². The lowest BCUT2D eigenvalue weighted by Crippen LogP contribution is -2.41. The van der Waals surface area contributed by atoms with Crippen LogP contribution in [-0.2, 0) is 6.54 Å². The minimum absolute atomic E-state index is 0.0303. The van der Waals surface area contributed by atoms with Gasteiger partial charge in [0.25, 0.3) is 5.91 Å². The lowest BCUT2D eigenvalue weighted by atomic mass is 9.98. The summed E-state index contributed by atoms with van der Waals surface area (Å²) in [5, 5.41) is 7.84. The van der Waals surface area contributed by atoms with Crippen LogP contribution in [0.5, 0.6) is 0 Å². The zero-order chi connectivity index (χ0) is 15.5. The Labute approximate surface area is 129 Å². The maximum Gasteiger partial charge on any atom is 0.274 e. The van der Waals surface area contributed by atoms with E-state index in [1.54, 1.807) is 12.5 Å². The van der Waals surface area contributed by atoms with Crippen LogP contribution in [0.15, 0.2) is 24.9 Å². The second-order valence-electron chi connectivity index (χ2n) is 6.18. The van der Waals surface area contributed by atoms with E-state index < -0.39 is 0 Å². The third-order valence-corrected chi connectivity index (χ3v) is 4.14. The molecule has 22 heavy (non-hydrogen) atoms. The molecule has 0 aromatic carbocycles. The third kappa shape index (κ3) is 3.18. The van der Waals surface area contributed by atoms with Crippen molar-refractivity contribution in [3.8, 4) is 0 Å². The molecule has 118 valence electrons. The second-order valence-corrected chi connectivity index (χ2v) is 6.18. The van der Waals surface area contributed by atoms with E-state index in [1.807, 2.05) is 26.5 Å². The molecule has 0 unspecified atom stereocenters. The molecule has 1 amide bonds. The van der Waals surface area contributed by atoms with Gasteiger partial charge in [-0.2, -0.15) is 0 Å². The first-order valence-electron chi connectivity index (χ1n) is 7.80. The summed E-state index contributed by atoms with van der Waals surface area (Å²) in [6, 6.07) is 0.315. The Bertz CT molecular complexity index is 618. The van der Waals surface area contributed by atoms with E-state index in [9.17, 15) is 4.79 Å². The number of imidazole rings is 1. The first-order chi connectivity index (χ1) is 10.6. The van der Waals surface area contributed by atoms with Gasteiger partial charge in [-0.15, -0.1) is 5.10 Å². The maximum atomic E-state index is 12.6. The first kappa shape index (κ1) is 14.7. The molecule has 2 aromatic rings. The fraction of sp³-hybridized carbons (Fsp3) is 0.600. The van der Waals surface area contributed by atoms with Gasteiger partial charge in [0.2, 0.25) is 0 Å². The summed E-state index contributed by atoms with van der Waals surface area (Å²) in [6.45, 7) is 6.52. The molecular weight excluding hydrogens is 280 g/mol. The van der Waals surface area contributed by atoms with E-state index in [2.05, 4.69) is 29.1 Å². The number of aromatic nitrogens is 5. The molecule has 0 bridgehead atoms. The Morgan fingerprint density at radius 1 is 1.45 bits per heavy atom. The van der Waals surface area contributed by atoms with Gasteiger partial charge in [0.15, 0.2) is 0 Å². The van der Waals surface area contributed by atoms with E-state index in [4.69, 9.17) is 0 Å². The van der Waals surface area contributed by atoms with Gasteiger partial charge >= 0.3 is 0 Å². The Balaban J connectivity index is 1.64. The van der Waals surface area contributed by atoms with Crippen LogP contribution >= 0.6 is 0 Å². The number of carbonyl (C=O) groups excluding carboxylic acids is 1. The predicted molar refractivity (Wildman–Crippen MR) is 81.3 cm³/mol. The van der Waals surface area contributed by atoms with E-state index in [1.165, 1.54) is 0 Å². The molecule has 7 heteroatoms. The second kappa shape index (κ2) is 6.29. The minimum atomic E-state index is 0.0303. The summed E-state index contributed by atoms with van der Waals surface area (Å²) < 4.78 is 3.80. The summed E-state index contributed by atoms with van der Waals surface area (Å²) in [4.78, 5) is 18.8. The zero-order valence-electron chi connectivity index (χ0n) is 13.1. The molecule has 2 aromatic heterocycles. The molecule has 0 radical (unpaired) electrons. The standard InChI is InChI=1S/C15H22N6O/c1-12(2)20-10-14(16-11-20)15(22)19-6-3-4-13(8-19)9-21-7-5-17-18-21/h5,7,10-13H,3-4,6,8-9H2,1-2H3/t13-/m1/s1. The average Bonchev–Trinajstić information content (AvgIpc) is 3.18. The first-order valence-corrected chi connectivity index (χ1v) is 7.80. The van der Waals surface area contributed by atoms with Crippen LogP contribution in [-0.4, -0.2) is 48.4 Å². The Kier molecular flexibility index (Phi) is 4.22. The van der Waals surface area contributed by atoms with Crippen molar-refractivity contribution < 1.29 is 4.79 Å². The molecule has 0 spiro atoms. The highest BCUT2D eigenvalue weighted by Gasteiger charge is 2.26. The molecule has 3 rings (SSSR count). The largest absolute Gasteiger partial charge is 0.337 e. The molecule has 0 N–H and O–H groups in total. The van der Waals surface area contributed by atoms with E-state index in [-0.39, 0.29) is 5.91 Å². The Hall–Kier alpha value is -2.18. The molecule has 1 atom stereocenters. The monoisotopic (exact) mass is 302 g/mol. The summed E-state index contributed by atoms with van der Waals surface area (Å²) in [5.41, 5.74) is 0.537. The summed E-state index contributed by atoms with van der Waals surface area (Å²) in [5.74, 6) is 0.453. The number of hydrogen-bond acceptors (Lipinski definition) is 4. The van der Waals surface area contributed by atoms with Crippen LogP contribution in [0.25, 0.3) is 0 Å².